The van der Waals surface area contributed by atoms with Gasteiger partial charge in [0.15, 0.2) is 0 Å². The highest BCUT2D eigenvalue weighted by molar-refractivity contribution is 6.24. The lowest BCUT2D eigenvalue weighted by atomic mass is 10.3. The number of carbonyl (C=O) groups is 1. The number of rotatable bonds is 1. The minimum Gasteiger partial charge on any atom is -0.478 e. The van der Waals surface area contributed by atoms with E-state index in [2.05, 4.69) is 10.3 Å². The topological polar surface area (TPSA) is 61.7 Å². The molecule has 0 fully saturated rings. The average Bonchev–Trinajstić information content (AvgIpc) is 1.86. The smallest absolute Gasteiger partial charge is 0.338 e. The number of carboxylic acids is 1. The molecule has 1 aliphatic heterocycles. The predicted molar refractivity (Wildman–Crippen MR) is 41.6 cm³/mol. The average molecular weight is 175 g/mol. The fraction of sp³-hybridized carbons (Fsp3) is 0.333. The second-order valence-corrected chi connectivity index (χ2v) is 3.00. The summed E-state index contributed by atoms with van der Waals surface area (Å²) in [6.07, 6.45) is 2.55. The van der Waals surface area contributed by atoms with E-state index in [-0.39, 0.29) is 5.57 Å². The summed E-state index contributed by atoms with van der Waals surface area (Å²) in [5.41, 5.74) is 0.100. The van der Waals surface area contributed by atoms with Gasteiger partial charge in [-0.3, -0.25) is 0 Å². The zero-order valence-electron chi connectivity index (χ0n) is 5.84. The molecule has 0 bridgehead atoms. The van der Waals surface area contributed by atoms with Crippen molar-refractivity contribution in [1.29, 1.82) is 0 Å². The van der Waals surface area contributed by atoms with Crippen molar-refractivity contribution in [2.75, 3.05) is 0 Å². The molecule has 0 amide bonds. The van der Waals surface area contributed by atoms with Crippen molar-refractivity contribution in [2.45, 2.75) is 12.0 Å². The van der Waals surface area contributed by atoms with Crippen molar-refractivity contribution in [3.05, 3.63) is 11.8 Å². The summed E-state index contributed by atoms with van der Waals surface area (Å²) in [4.78, 5) is 14.1. The van der Waals surface area contributed by atoms with Gasteiger partial charge in [0, 0.05) is 12.4 Å². The fourth-order valence-corrected chi connectivity index (χ4v) is 0.695. The summed E-state index contributed by atoms with van der Waals surface area (Å²) in [6, 6.07) is 0. The number of carboxylic acid groups (broad SMARTS) is 1. The van der Waals surface area contributed by atoms with E-state index in [4.69, 9.17) is 16.7 Å². The Balaban J connectivity index is 2.75. The number of nitrogens with one attached hydrogen (secondary N) is 1. The zero-order valence-corrected chi connectivity index (χ0v) is 6.59. The standard InChI is InChI=1S/C6H7ClN2O2/c1-6(7)8-2-4(3-9-6)5(10)11/h2-3,8H,1H3,(H,10,11). The van der Waals surface area contributed by atoms with Crippen LogP contribution in [0.15, 0.2) is 16.8 Å². The van der Waals surface area contributed by atoms with Crippen LogP contribution in [-0.2, 0) is 4.79 Å². The molecule has 1 heterocycles. The van der Waals surface area contributed by atoms with E-state index in [9.17, 15) is 4.79 Å². The van der Waals surface area contributed by atoms with Crippen molar-refractivity contribution < 1.29 is 9.90 Å². The summed E-state index contributed by atoms with van der Waals surface area (Å²) >= 11 is 5.70. The van der Waals surface area contributed by atoms with Gasteiger partial charge in [-0.25, -0.2) is 9.79 Å². The lowest BCUT2D eigenvalue weighted by Crippen LogP contribution is -2.34. The Kier molecular flexibility index (Phi) is 1.87. The summed E-state index contributed by atoms with van der Waals surface area (Å²) in [5.74, 6) is -1.02. The molecule has 0 aromatic carbocycles. The molecule has 11 heavy (non-hydrogen) atoms. The SMILES string of the molecule is CC1(Cl)N=CC(C(=O)O)=CN1. The van der Waals surface area contributed by atoms with Gasteiger partial charge in [0.2, 0.25) is 5.12 Å². The highest BCUT2D eigenvalue weighted by Crippen LogP contribution is 2.14. The minimum absolute atomic E-state index is 0.100. The number of halogens is 1. The number of hydrogen-bond donors (Lipinski definition) is 2. The third-order valence-corrected chi connectivity index (χ3v) is 1.39. The van der Waals surface area contributed by atoms with Crippen LogP contribution in [0.5, 0.6) is 0 Å². The molecule has 1 aliphatic rings. The van der Waals surface area contributed by atoms with Gasteiger partial charge in [-0.1, -0.05) is 11.6 Å². The molecule has 4 nitrogen and oxygen atoms in total. The molecule has 1 unspecified atom stereocenters. The summed E-state index contributed by atoms with van der Waals surface area (Å²) in [5, 5.41) is 10.2. The highest BCUT2D eigenvalue weighted by Gasteiger charge is 2.20. The number of nitrogens with zero attached hydrogens (tertiary/aromatic N) is 1. The van der Waals surface area contributed by atoms with Crippen LogP contribution in [0, 0.1) is 0 Å². The van der Waals surface area contributed by atoms with Crippen molar-refractivity contribution in [3.8, 4) is 0 Å². The third-order valence-electron chi connectivity index (χ3n) is 1.18. The second-order valence-electron chi connectivity index (χ2n) is 2.26. The molecule has 5 heteroatoms. The molecule has 1 rings (SSSR count). The van der Waals surface area contributed by atoms with Crippen LogP contribution in [0.3, 0.4) is 0 Å². The van der Waals surface area contributed by atoms with Gasteiger partial charge < -0.3 is 10.4 Å². The van der Waals surface area contributed by atoms with Crippen LogP contribution < -0.4 is 5.32 Å². The van der Waals surface area contributed by atoms with Gasteiger partial charge in [0.05, 0.1) is 5.57 Å². The van der Waals surface area contributed by atoms with Gasteiger partial charge in [-0.15, -0.1) is 0 Å². The van der Waals surface area contributed by atoms with Gasteiger partial charge in [-0.05, 0) is 6.92 Å². The molecule has 0 aromatic rings. The van der Waals surface area contributed by atoms with Crippen molar-refractivity contribution in [2.24, 2.45) is 4.99 Å². The Morgan fingerprint density at radius 1 is 1.91 bits per heavy atom. The van der Waals surface area contributed by atoms with Crippen LogP contribution in [0.2, 0.25) is 0 Å². The molecule has 1 atom stereocenters. The number of alkyl halides is 1. The Morgan fingerprint density at radius 3 is 2.91 bits per heavy atom. The van der Waals surface area contributed by atoms with Crippen LogP contribution >= 0.6 is 11.6 Å². The molecule has 0 aliphatic carbocycles. The minimum atomic E-state index is -1.02. The highest BCUT2D eigenvalue weighted by atomic mass is 35.5. The van der Waals surface area contributed by atoms with Crippen LogP contribution in [0.1, 0.15) is 6.92 Å². The Bertz CT molecular complexity index is 245. The quantitative estimate of drug-likeness (QED) is 0.451. The van der Waals surface area contributed by atoms with Crippen LogP contribution in [0.4, 0.5) is 0 Å². The lowest BCUT2D eigenvalue weighted by molar-refractivity contribution is -0.132. The van der Waals surface area contributed by atoms with Crippen molar-refractivity contribution in [1.82, 2.24) is 5.32 Å². The van der Waals surface area contributed by atoms with E-state index in [0.29, 0.717) is 0 Å². The maximum Gasteiger partial charge on any atom is 0.338 e. The molecule has 0 saturated carbocycles. The van der Waals surface area contributed by atoms with E-state index in [0.717, 1.165) is 0 Å². The summed E-state index contributed by atoms with van der Waals surface area (Å²) < 4.78 is 0. The largest absolute Gasteiger partial charge is 0.478 e. The maximum absolute atomic E-state index is 10.3. The first-order chi connectivity index (χ1) is 5.01. The lowest BCUT2D eigenvalue weighted by Gasteiger charge is -2.20. The fourth-order valence-electron chi connectivity index (χ4n) is 0.592. The van der Waals surface area contributed by atoms with E-state index >= 15 is 0 Å². The first-order valence-corrected chi connectivity index (χ1v) is 3.34. The molecule has 0 radical (unpaired) electrons. The molecular formula is C6H7ClN2O2. The predicted octanol–water partition coefficient (Wildman–Crippen LogP) is 0.541. The molecule has 0 spiro atoms. The van der Waals surface area contributed by atoms with Crippen molar-refractivity contribution >= 4 is 23.8 Å². The molecule has 60 valence electrons. The molecule has 2 N–H and O–H groups in total. The monoisotopic (exact) mass is 174 g/mol. The number of hydrogen-bond acceptors (Lipinski definition) is 3. The normalized spacial score (nSPS) is 29.1. The number of aliphatic carboxylic acids is 1. The first kappa shape index (κ1) is 8.07. The van der Waals surface area contributed by atoms with Gasteiger partial charge >= 0.3 is 5.97 Å². The molecular weight excluding hydrogens is 168 g/mol. The van der Waals surface area contributed by atoms with Gasteiger partial charge in [0.1, 0.15) is 0 Å². The van der Waals surface area contributed by atoms with Gasteiger partial charge in [-0.2, -0.15) is 0 Å². The van der Waals surface area contributed by atoms with Crippen molar-refractivity contribution in [3.63, 3.8) is 0 Å². The number of aliphatic imine (C=N–C) groups is 1. The van der Waals surface area contributed by atoms with Crippen LogP contribution in [-0.4, -0.2) is 22.4 Å². The molecule has 0 aromatic heterocycles. The zero-order chi connectivity index (χ0) is 8.48. The van der Waals surface area contributed by atoms with E-state index in [1.807, 2.05) is 0 Å². The van der Waals surface area contributed by atoms with E-state index in [1.165, 1.54) is 12.4 Å². The third kappa shape index (κ3) is 1.94. The van der Waals surface area contributed by atoms with Gasteiger partial charge in [0.25, 0.3) is 0 Å². The second kappa shape index (κ2) is 2.54. The molecule has 0 saturated heterocycles. The summed E-state index contributed by atoms with van der Waals surface area (Å²) in [7, 11) is 0. The Labute approximate surface area is 68.6 Å². The first-order valence-electron chi connectivity index (χ1n) is 2.96. The van der Waals surface area contributed by atoms with E-state index in [1.54, 1.807) is 6.92 Å². The Morgan fingerprint density at radius 2 is 2.55 bits per heavy atom. The van der Waals surface area contributed by atoms with Crippen LogP contribution in [0.25, 0.3) is 0 Å². The van der Waals surface area contributed by atoms with E-state index < -0.39 is 11.1 Å². The Hall–Kier alpha value is -1.03. The summed E-state index contributed by atoms with van der Waals surface area (Å²) in [6.45, 7) is 1.63. The maximum atomic E-state index is 10.3.